The van der Waals surface area contributed by atoms with Gasteiger partial charge in [-0.1, -0.05) is 0 Å². The van der Waals surface area contributed by atoms with Gasteiger partial charge >= 0.3 is 5.97 Å². The van der Waals surface area contributed by atoms with Crippen LogP contribution in [0.15, 0.2) is 0 Å². The average molecular weight is 174 g/mol. The topological polar surface area (TPSA) is 55.8 Å². The lowest BCUT2D eigenvalue weighted by molar-refractivity contribution is -0.142. The van der Waals surface area contributed by atoms with Crippen LogP contribution in [0.5, 0.6) is 0 Å². The molecular weight excluding hydrogens is 160 g/mol. The van der Waals surface area contributed by atoms with Gasteiger partial charge in [0.1, 0.15) is 0 Å². The molecule has 1 aliphatic rings. The second kappa shape index (κ2) is 4.42. The Kier molecular flexibility index (Phi) is 3.49. The third-order valence-corrected chi connectivity index (χ3v) is 2.18. The summed E-state index contributed by atoms with van der Waals surface area (Å²) < 4.78 is 10.3. The van der Waals surface area contributed by atoms with E-state index in [0.717, 1.165) is 6.42 Å². The highest BCUT2D eigenvalue weighted by atomic mass is 16.5. The Morgan fingerprint density at radius 2 is 2.50 bits per heavy atom. The molecule has 1 heterocycles. The Balaban J connectivity index is 2.41. The van der Waals surface area contributed by atoms with Crippen molar-refractivity contribution in [3.63, 3.8) is 0 Å². The van der Waals surface area contributed by atoms with Crippen molar-refractivity contribution in [1.82, 2.24) is 0 Å². The van der Waals surface area contributed by atoms with Gasteiger partial charge in [0, 0.05) is 13.7 Å². The van der Waals surface area contributed by atoms with Crippen molar-refractivity contribution in [2.24, 2.45) is 5.92 Å². The monoisotopic (exact) mass is 174 g/mol. The maximum absolute atomic E-state index is 10.4. The van der Waals surface area contributed by atoms with Crippen LogP contribution in [-0.4, -0.2) is 37.5 Å². The Bertz CT molecular complexity index is 157. The molecule has 12 heavy (non-hydrogen) atoms. The Hall–Kier alpha value is -0.610. The van der Waals surface area contributed by atoms with Crippen molar-refractivity contribution in [3.8, 4) is 0 Å². The van der Waals surface area contributed by atoms with Gasteiger partial charge in [-0.25, -0.2) is 0 Å². The van der Waals surface area contributed by atoms with E-state index >= 15 is 0 Å². The van der Waals surface area contributed by atoms with Gasteiger partial charge in [-0.3, -0.25) is 4.79 Å². The maximum atomic E-state index is 10.4. The van der Waals surface area contributed by atoms with Crippen molar-refractivity contribution in [3.05, 3.63) is 0 Å². The minimum atomic E-state index is -0.760. The number of carboxylic acid groups (broad SMARTS) is 1. The number of aliphatic carboxylic acids is 1. The van der Waals surface area contributed by atoms with E-state index in [4.69, 9.17) is 14.6 Å². The SMILES string of the molecule is CO[C@H]1COCC[C@@H]1CC(=O)O. The molecule has 0 saturated carbocycles. The largest absolute Gasteiger partial charge is 0.481 e. The van der Waals surface area contributed by atoms with Crippen LogP contribution in [0, 0.1) is 5.92 Å². The quantitative estimate of drug-likeness (QED) is 0.677. The van der Waals surface area contributed by atoms with E-state index in [0.29, 0.717) is 13.2 Å². The standard InChI is InChI=1S/C8H14O4/c1-11-7-5-12-3-2-6(7)4-8(9)10/h6-7H,2-5H2,1H3,(H,9,10)/t6-,7+/m1/s1. The van der Waals surface area contributed by atoms with Crippen LogP contribution >= 0.6 is 0 Å². The summed E-state index contributed by atoms with van der Waals surface area (Å²) in [6.45, 7) is 1.17. The van der Waals surface area contributed by atoms with E-state index in [2.05, 4.69) is 0 Å². The molecule has 0 aromatic heterocycles. The smallest absolute Gasteiger partial charge is 0.303 e. The van der Waals surface area contributed by atoms with Gasteiger partial charge in [0.15, 0.2) is 0 Å². The number of hydrogen-bond acceptors (Lipinski definition) is 3. The van der Waals surface area contributed by atoms with Crippen LogP contribution in [0.4, 0.5) is 0 Å². The molecule has 1 N–H and O–H groups in total. The van der Waals surface area contributed by atoms with Crippen molar-refractivity contribution in [2.75, 3.05) is 20.3 Å². The molecule has 0 radical (unpaired) electrons. The van der Waals surface area contributed by atoms with Crippen molar-refractivity contribution in [1.29, 1.82) is 0 Å². The Morgan fingerprint density at radius 1 is 1.75 bits per heavy atom. The highest BCUT2D eigenvalue weighted by Crippen LogP contribution is 2.21. The molecular formula is C8H14O4. The van der Waals surface area contributed by atoms with Gasteiger partial charge in [0.05, 0.1) is 19.1 Å². The number of carboxylic acids is 1. The number of carbonyl (C=O) groups is 1. The van der Waals surface area contributed by atoms with Gasteiger partial charge in [0.25, 0.3) is 0 Å². The summed E-state index contributed by atoms with van der Waals surface area (Å²) >= 11 is 0. The molecule has 4 heteroatoms. The summed E-state index contributed by atoms with van der Waals surface area (Å²) in [5, 5.41) is 8.58. The molecule has 0 spiro atoms. The molecule has 1 saturated heterocycles. The molecule has 0 aromatic rings. The van der Waals surface area contributed by atoms with Gasteiger partial charge < -0.3 is 14.6 Å². The second-order valence-electron chi connectivity index (χ2n) is 3.00. The van der Waals surface area contributed by atoms with E-state index in [1.165, 1.54) is 0 Å². The summed E-state index contributed by atoms with van der Waals surface area (Å²) in [5.41, 5.74) is 0. The minimum Gasteiger partial charge on any atom is -0.481 e. The molecule has 2 atom stereocenters. The van der Waals surface area contributed by atoms with Gasteiger partial charge in [-0.15, -0.1) is 0 Å². The third kappa shape index (κ3) is 2.46. The summed E-state index contributed by atoms with van der Waals surface area (Å²) in [6, 6.07) is 0. The van der Waals surface area contributed by atoms with Crippen LogP contribution in [0.3, 0.4) is 0 Å². The Labute approximate surface area is 71.5 Å². The van der Waals surface area contributed by atoms with Crippen LogP contribution in [-0.2, 0) is 14.3 Å². The third-order valence-electron chi connectivity index (χ3n) is 2.18. The summed E-state index contributed by atoms with van der Waals surface area (Å²) in [4.78, 5) is 10.4. The molecule has 0 unspecified atom stereocenters. The zero-order valence-electron chi connectivity index (χ0n) is 7.16. The molecule has 70 valence electrons. The van der Waals surface area contributed by atoms with Crippen molar-refractivity contribution in [2.45, 2.75) is 18.9 Å². The van der Waals surface area contributed by atoms with Crippen LogP contribution in [0.2, 0.25) is 0 Å². The van der Waals surface area contributed by atoms with Crippen LogP contribution < -0.4 is 0 Å². The first-order valence-corrected chi connectivity index (χ1v) is 4.06. The lowest BCUT2D eigenvalue weighted by Crippen LogP contribution is -2.35. The van der Waals surface area contributed by atoms with Crippen LogP contribution in [0.1, 0.15) is 12.8 Å². The predicted molar refractivity (Wildman–Crippen MR) is 42.0 cm³/mol. The predicted octanol–water partition coefficient (Wildman–Crippen LogP) is 0.513. The molecule has 4 nitrogen and oxygen atoms in total. The lowest BCUT2D eigenvalue weighted by atomic mass is 9.94. The molecule has 1 fully saturated rings. The average Bonchev–Trinajstić information content (AvgIpc) is 2.04. The van der Waals surface area contributed by atoms with Crippen molar-refractivity contribution < 1.29 is 19.4 Å². The fraction of sp³-hybridized carbons (Fsp3) is 0.875. The first kappa shape index (κ1) is 9.48. The number of rotatable bonds is 3. The fourth-order valence-corrected chi connectivity index (χ4v) is 1.47. The zero-order valence-corrected chi connectivity index (χ0v) is 7.16. The van der Waals surface area contributed by atoms with E-state index in [1.54, 1.807) is 7.11 Å². The van der Waals surface area contributed by atoms with E-state index < -0.39 is 5.97 Å². The Morgan fingerprint density at radius 3 is 3.08 bits per heavy atom. The zero-order chi connectivity index (χ0) is 8.97. The second-order valence-corrected chi connectivity index (χ2v) is 3.00. The normalized spacial score (nSPS) is 30.1. The number of hydrogen-bond donors (Lipinski definition) is 1. The minimum absolute atomic E-state index is 0.0464. The lowest BCUT2D eigenvalue weighted by Gasteiger charge is -2.29. The molecule has 1 rings (SSSR count). The molecule has 0 amide bonds. The molecule has 1 aliphatic heterocycles. The first-order chi connectivity index (χ1) is 5.74. The highest BCUT2D eigenvalue weighted by Gasteiger charge is 2.27. The van der Waals surface area contributed by atoms with E-state index in [9.17, 15) is 4.79 Å². The van der Waals surface area contributed by atoms with Crippen molar-refractivity contribution >= 4 is 5.97 Å². The molecule has 0 bridgehead atoms. The summed E-state index contributed by atoms with van der Waals surface area (Å²) in [7, 11) is 1.59. The van der Waals surface area contributed by atoms with Gasteiger partial charge in [-0.05, 0) is 12.3 Å². The van der Waals surface area contributed by atoms with Gasteiger partial charge in [0.2, 0.25) is 0 Å². The first-order valence-electron chi connectivity index (χ1n) is 4.06. The van der Waals surface area contributed by atoms with E-state index in [-0.39, 0.29) is 18.4 Å². The number of ether oxygens (including phenoxy) is 2. The highest BCUT2D eigenvalue weighted by molar-refractivity contribution is 5.67. The summed E-state index contributed by atoms with van der Waals surface area (Å²) in [6.07, 6.45) is 0.919. The van der Waals surface area contributed by atoms with E-state index in [1.807, 2.05) is 0 Å². The summed E-state index contributed by atoms with van der Waals surface area (Å²) in [5.74, 6) is -0.648. The number of methoxy groups -OCH3 is 1. The molecule has 0 aromatic carbocycles. The fourth-order valence-electron chi connectivity index (χ4n) is 1.47. The maximum Gasteiger partial charge on any atom is 0.303 e. The van der Waals surface area contributed by atoms with Crippen LogP contribution in [0.25, 0.3) is 0 Å². The van der Waals surface area contributed by atoms with Gasteiger partial charge in [-0.2, -0.15) is 0 Å². The molecule has 0 aliphatic carbocycles.